The molecule has 2 N–H and O–H groups in total. The predicted molar refractivity (Wildman–Crippen MR) is 137 cm³/mol. The Hall–Kier alpha value is -2.75. The van der Waals surface area contributed by atoms with E-state index >= 15 is 0 Å². The summed E-state index contributed by atoms with van der Waals surface area (Å²) >= 11 is 7.30. The second kappa shape index (κ2) is 12.6. The highest BCUT2D eigenvalue weighted by Gasteiger charge is 2.30. The Kier molecular flexibility index (Phi) is 9.62. The van der Waals surface area contributed by atoms with Crippen molar-refractivity contribution in [2.75, 3.05) is 24.3 Å². The molecule has 180 valence electrons. The van der Waals surface area contributed by atoms with E-state index in [2.05, 4.69) is 33.9 Å². The van der Waals surface area contributed by atoms with Gasteiger partial charge in [-0.05, 0) is 36.6 Å². The molecule has 7 nitrogen and oxygen atoms in total. The van der Waals surface area contributed by atoms with E-state index in [1.807, 2.05) is 36.4 Å². The Morgan fingerprint density at radius 3 is 2.65 bits per heavy atom. The van der Waals surface area contributed by atoms with Crippen molar-refractivity contribution in [2.24, 2.45) is 0 Å². The summed E-state index contributed by atoms with van der Waals surface area (Å²) in [6.45, 7) is 2.18. The standard InChI is InChI=1S/C25H26BrNO6S/c1-2-31-22(12-13-32-23(29)15-34)24(19-14-17(26)10-11-21(19)28)33-25(30)27-20-9-5-7-16-6-3-4-8-18(16)20/h3-11,14,22,24,28,34H,2,12-13,15H2,1H3,(H,27,30)/t22-,24-/m0/s1. The highest BCUT2D eigenvalue weighted by Crippen LogP contribution is 2.35. The lowest BCUT2D eigenvalue weighted by atomic mass is 10.0. The van der Waals surface area contributed by atoms with E-state index in [1.165, 1.54) is 6.07 Å². The van der Waals surface area contributed by atoms with Crippen LogP contribution in [-0.4, -0.2) is 42.2 Å². The Bertz CT molecular complexity index is 1140. The Morgan fingerprint density at radius 2 is 1.88 bits per heavy atom. The number of amides is 1. The first-order valence-corrected chi connectivity index (χ1v) is 12.2. The number of phenolic OH excluding ortho intramolecular Hbond substituents is 1. The van der Waals surface area contributed by atoms with Gasteiger partial charge in [-0.25, -0.2) is 4.79 Å². The molecule has 2 atom stereocenters. The molecule has 3 aromatic carbocycles. The van der Waals surface area contributed by atoms with Crippen LogP contribution in [0.2, 0.25) is 0 Å². The maximum absolute atomic E-state index is 13.0. The van der Waals surface area contributed by atoms with E-state index in [4.69, 9.17) is 14.2 Å². The molecule has 0 saturated heterocycles. The van der Waals surface area contributed by atoms with Crippen LogP contribution in [0.25, 0.3) is 10.8 Å². The maximum Gasteiger partial charge on any atom is 0.412 e. The van der Waals surface area contributed by atoms with E-state index in [0.29, 0.717) is 22.3 Å². The molecule has 1 amide bonds. The van der Waals surface area contributed by atoms with Crippen molar-refractivity contribution in [3.63, 3.8) is 0 Å². The highest BCUT2D eigenvalue weighted by molar-refractivity contribution is 9.10. The van der Waals surface area contributed by atoms with Crippen LogP contribution < -0.4 is 5.32 Å². The molecule has 0 bridgehead atoms. The summed E-state index contributed by atoms with van der Waals surface area (Å²) < 4.78 is 17.5. The molecule has 3 aromatic rings. The van der Waals surface area contributed by atoms with Crippen LogP contribution in [0.3, 0.4) is 0 Å². The molecule has 0 fully saturated rings. The monoisotopic (exact) mass is 547 g/mol. The summed E-state index contributed by atoms with van der Waals surface area (Å²) in [4.78, 5) is 24.5. The van der Waals surface area contributed by atoms with Gasteiger partial charge in [-0.2, -0.15) is 12.6 Å². The molecular formula is C25H26BrNO6S. The minimum atomic E-state index is -0.970. The van der Waals surface area contributed by atoms with Crippen molar-refractivity contribution in [2.45, 2.75) is 25.6 Å². The molecule has 0 radical (unpaired) electrons. The summed E-state index contributed by atoms with van der Waals surface area (Å²) in [5.74, 6) is -0.558. The topological polar surface area (TPSA) is 94.1 Å². The van der Waals surface area contributed by atoms with E-state index in [9.17, 15) is 14.7 Å². The molecule has 0 heterocycles. The number of ether oxygens (including phenoxy) is 3. The van der Waals surface area contributed by atoms with Gasteiger partial charge in [0.25, 0.3) is 0 Å². The van der Waals surface area contributed by atoms with Gasteiger partial charge >= 0.3 is 12.1 Å². The predicted octanol–water partition coefficient (Wildman–Crippen LogP) is 5.87. The largest absolute Gasteiger partial charge is 0.508 e. The minimum Gasteiger partial charge on any atom is -0.508 e. The van der Waals surface area contributed by atoms with Gasteiger partial charge in [0.15, 0.2) is 6.10 Å². The molecule has 0 spiro atoms. The summed E-state index contributed by atoms with van der Waals surface area (Å²) in [7, 11) is 0. The SMILES string of the molecule is CCO[C@@H](CCOC(=O)CS)[C@@H](OC(=O)Nc1cccc2ccccc12)c1cc(Br)ccc1O. The van der Waals surface area contributed by atoms with Gasteiger partial charge in [0, 0.05) is 28.5 Å². The van der Waals surface area contributed by atoms with Crippen LogP contribution in [0, 0.1) is 0 Å². The smallest absolute Gasteiger partial charge is 0.412 e. The number of hydrogen-bond acceptors (Lipinski definition) is 7. The molecular weight excluding hydrogens is 522 g/mol. The zero-order valence-electron chi connectivity index (χ0n) is 18.6. The number of hydrogen-bond donors (Lipinski definition) is 3. The first kappa shape index (κ1) is 25.9. The Labute approximate surface area is 211 Å². The second-order valence-corrected chi connectivity index (χ2v) is 8.57. The number of thiol groups is 1. The lowest BCUT2D eigenvalue weighted by molar-refractivity contribution is -0.142. The van der Waals surface area contributed by atoms with Crippen LogP contribution in [0.1, 0.15) is 25.0 Å². The van der Waals surface area contributed by atoms with E-state index < -0.39 is 24.3 Å². The van der Waals surface area contributed by atoms with Crippen molar-refractivity contribution in [1.82, 2.24) is 0 Å². The quantitative estimate of drug-likeness (QED) is 0.217. The summed E-state index contributed by atoms with van der Waals surface area (Å²) in [6.07, 6.45) is -2.12. The van der Waals surface area contributed by atoms with Gasteiger partial charge in [0.2, 0.25) is 0 Å². The van der Waals surface area contributed by atoms with E-state index in [0.717, 1.165) is 10.8 Å². The van der Waals surface area contributed by atoms with Crippen LogP contribution in [0.15, 0.2) is 65.1 Å². The van der Waals surface area contributed by atoms with E-state index in [1.54, 1.807) is 25.1 Å². The maximum atomic E-state index is 13.0. The van der Waals surface area contributed by atoms with Gasteiger partial charge in [0.05, 0.1) is 18.0 Å². The number of halogens is 1. The third-order valence-electron chi connectivity index (χ3n) is 5.07. The molecule has 34 heavy (non-hydrogen) atoms. The average Bonchev–Trinajstić information content (AvgIpc) is 2.84. The number of phenols is 1. The fourth-order valence-electron chi connectivity index (χ4n) is 3.55. The van der Waals surface area contributed by atoms with Crippen molar-refractivity contribution in [3.8, 4) is 5.75 Å². The molecule has 0 aromatic heterocycles. The highest BCUT2D eigenvalue weighted by atomic mass is 79.9. The van der Waals surface area contributed by atoms with Crippen molar-refractivity contribution in [1.29, 1.82) is 0 Å². The Morgan fingerprint density at radius 1 is 1.12 bits per heavy atom. The number of anilines is 1. The molecule has 0 aliphatic carbocycles. The zero-order valence-corrected chi connectivity index (χ0v) is 21.1. The van der Waals surface area contributed by atoms with Gasteiger partial charge < -0.3 is 19.3 Å². The minimum absolute atomic E-state index is 0.0426. The molecule has 0 aliphatic heterocycles. The second-order valence-electron chi connectivity index (χ2n) is 7.34. The van der Waals surface area contributed by atoms with Gasteiger partial charge in [-0.1, -0.05) is 52.3 Å². The summed E-state index contributed by atoms with van der Waals surface area (Å²) in [5.41, 5.74) is 0.956. The lowest BCUT2D eigenvalue weighted by Crippen LogP contribution is -2.30. The van der Waals surface area contributed by atoms with Crippen LogP contribution in [0.5, 0.6) is 5.75 Å². The number of rotatable bonds is 10. The van der Waals surface area contributed by atoms with Gasteiger partial charge in [-0.15, -0.1) is 0 Å². The van der Waals surface area contributed by atoms with Gasteiger partial charge in [-0.3, -0.25) is 10.1 Å². The summed E-state index contributed by atoms with van der Waals surface area (Å²) in [6, 6.07) is 18.1. The molecule has 0 saturated carbocycles. The number of aromatic hydroxyl groups is 1. The fourth-order valence-corrected chi connectivity index (χ4v) is 4.02. The molecule has 3 rings (SSSR count). The van der Waals surface area contributed by atoms with Crippen LogP contribution in [0.4, 0.5) is 10.5 Å². The first-order valence-electron chi connectivity index (χ1n) is 10.7. The Balaban J connectivity index is 1.86. The van der Waals surface area contributed by atoms with Crippen molar-refractivity contribution in [3.05, 3.63) is 70.7 Å². The van der Waals surface area contributed by atoms with Gasteiger partial charge in [0.1, 0.15) is 11.9 Å². The average molecular weight is 548 g/mol. The normalized spacial score (nSPS) is 12.7. The van der Waals surface area contributed by atoms with Crippen molar-refractivity contribution < 1.29 is 28.9 Å². The van der Waals surface area contributed by atoms with Crippen LogP contribution in [-0.2, 0) is 19.0 Å². The molecule has 0 aliphatic rings. The third kappa shape index (κ3) is 6.88. The zero-order chi connectivity index (χ0) is 24.5. The number of carbonyl (C=O) groups is 2. The number of fused-ring (bicyclic) bond motifs is 1. The lowest BCUT2D eigenvalue weighted by Gasteiger charge is -2.28. The fraction of sp³-hybridized carbons (Fsp3) is 0.280. The van der Waals surface area contributed by atoms with E-state index in [-0.39, 0.29) is 24.5 Å². The molecule has 9 heteroatoms. The van der Waals surface area contributed by atoms with Crippen molar-refractivity contribution >= 4 is 57.1 Å². The number of carbonyl (C=O) groups excluding carboxylic acids is 2. The molecule has 0 unspecified atom stereocenters. The van der Waals surface area contributed by atoms with Crippen LogP contribution >= 0.6 is 28.6 Å². The third-order valence-corrected chi connectivity index (χ3v) is 5.82. The number of esters is 1. The first-order chi connectivity index (χ1) is 16.4. The summed E-state index contributed by atoms with van der Waals surface area (Å²) in [5, 5.41) is 15.2. The number of nitrogens with one attached hydrogen (secondary N) is 1. The number of benzene rings is 3.